The minimum atomic E-state index is -0.807. The molecule has 1 saturated carbocycles. The van der Waals surface area contributed by atoms with Gasteiger partial charge in [0.05, 0.1) is 19.2 Å². The number of methoxy groups -OCH3 is 1. The molecule has 0 radical (unpaired) electrons. The predicted molar refractivity (Wildman–Crippen MR) is 142 cm³/mol. The summed E-state index contributed by atoms with van der Waals surface area (Å²) in [6.45, 7) is 6.07. The van der Waals surface area contributed by atoms with E-state index >= 15 is 0 Å². The normalized spacial score (nSPS) is 14.5. The van der Waals surface area contributed by atoms with Crippen molar-refractivity contribution in [1.29, 1.82) is 0 Å². The molecule has 2 aromatic carbocycles. The van der Waals surface area contributed by atoms with Gasteiger partial charge in [0.15, 0.2) is 0 Å². The van der Waals surface area contributed by atoms with Gasteiger partial charge in [0.25, 0.3) is 0 Å². The van der Waals surface area contributed by atoms with Crippen molar-refractivity contribution < 1.29 is 14.3 Å². The van der Waals surface area contributed by atoms with E-state index in [0.29, 0.717) is 5.75 Å². The first-order valence-electron chi connectivity index (χ1n) is 12.2. The molecule has 0 aliphatic heterocycles. The van der Waals surface area contributed by atoms with E-state index in [0.717, 1.165) is 58.5 Å². The van der Waals surface area contributed by atoms with Gasteiger partial charge in [-0.05, 0) is 73.9 Å². The molecule has 0 spiro atoms. The first-order valence-corrected chi connectivity index (χ1v) is 13.1. The van der Waals surface area contributed by atoms with Crippen LogP contribution < -0.4 is 15.0 Å². The van der Waals surface area contributed by atoms with Gasteiger partial charge >= 0.3 is 0 Å². The van der Waals surface area contributed by atoms with Crippen LogP contribution in [0.3, 0.4) is 0 Å². The molecule has 1 fully saturated rings. The van der Waals surface area contributed by atoms with Crippen molar-refractivity contribution >= 4 is 28.8 Å². The van der Waals surface area contributed by atoms with Crippen molar-refractivity contribution in [3.63, 3.8) is 0 Å². The van der Waals surface area contributed by atoms with Crippen LogP contribution in [0.2, 0.25) is 0 Å². The highest BCUT2D eigenvalue weighted by Gasteiger charge is 2.36. The van der Waals surface area contributed by atoms with Gasteiger partial charge in [0.2, 0.25) is 11.8 Å². The topological polar surface area (TPSA) is 58.6 Å². The molecule has 35 heavy (non-hydrogen) atoms. The van der Waals surface area contributed by atoms with Crippen molar-refractivity contribution in [3.8, 4) is 5.75 Å². The third kappa shape index (κ3) is 5.76. The lowest BCUT2D eigenvalue weighted by molar-refractivity contribution is -0.127. The van der Waals surface area contributed by atoms with Crippen LogP contribution in [0.25, 0.3) is 0 Å². The Labute approximate surface area is 212 Å². The average Bonchev–Trinajstić information content (AvgIpc) is 3.52. The second kappa shape index (κ2) is 11.1. The smallest absolute Gasteiger partial charge is 0.248 e. The number of aryl methyl sites for hydroxylation is 3. The van der Waals surface area contributed by atoms with Crippen LogP contribution in [0.15, 0.2) is 53.9 Å². The summed E-state index contributed by atoms with van der Waals surface area (Å²) < 4.78 is 5.48. The van der Waals surface area contributed by atoms with Gasteiger partial charge in [-0.1, -0.05) is 48.7 Å². The van der Waals surface area contributed by atoms with E-state index in [1.165, 1.54) is 0 Å². The number of ether oxygens (including phenoxy) is 1. The highest BCUT2D eigenvalue weighted by Crippen LogP contribution is 2.36. The van der Waals surface area contributed by atoms with Crippen molar-refractivity contribution in [2.24, 2.45) is 0 Å². The molecule has 1 heterocycles. The van der Waals surface area contributed by atoms with Crippen LogP contribution in [0, 0.1) is 20.8 Å². The lowest BCUT2D eigenvalue weighted by atomic mass is 9.97. The van der Waals surface area contributed by atoms with Crippen LogP contribution in [0.5, 0.6) is 5.75 Å². The molecule has 3 aromatic rings. The van der Waals surface area contributed by atoms with Crippen molar-refractivity contribution in [2.45, 2.75) is 65.0 Å². The Balaban J connectivity index is 1.85. The lowest BCUT2D eigenvalue weighted by Gasteiger charge is -2.34. The third-order valence-corrected chi connectivity index (χ3v) is 7.54. The van der Waals surface area contributed by atoms with Crippen molar-refractivity contribution in [1.82, 2.24) is 5.32 Å². The Hall–Kier alpha value is -3.12. The van der Waals surface area contributed by atoms with E-state index in [-0.39, 0.29) is 24.3 Å². The summed E-state index contributed by atoms with van der Waals surface area (Å²) in [6, 6.07) is 14.9. The second-order valence-electron chi connectivity index (χ2n) is 9.44. The van der Waals surface area contributed by atoms with Gasteiger partial charge in [0, 0.05) is 10.9 Å². The molecule has 1 aliphatic rings. The molecule has 6 heteroatoms. The van der Waals surface area contributed by atoms with Gasteiger partial charge in [-0.3, -0.25) is 14.5 Å². The summed E-state index contributed by atoms with van der Waals surface area (Å²) in [6.07, 6.45) is 4.42. The average molecular weight is 491 g/mol. The van der Waals surface area contributed by atoms with Gasteiger partial charge in [-0.15, -0.1) is 11.3 Å². The maximum atomic E-state index is 14.0. The summed E-state index contributed by atoms with van der Waals surface area (Å²) in [4.78, 5) is 30.7. The number of nitrogens with zero attached hydrogens (tertiary/aromatic N) is 1. The second-order valence-corrected chi connectivity index (χ2v) is 10.5. The Morgan fingerprint density at radius 3 is 2.40 bits per heavy atom. The number of anilines is 1. The highest BCUT2D eigenvalue weighted by atomic mass is 32.1. The number of benzene rings is 2. The molecule has 0 saturated heterocycles. The minimum Gasteiger partial charge on any atom is -0.497 e. The summed E-state index contributed by atoms with van der Waals surface area (Å²) in [7, 11) is 1.61. The largest absolute Gasteiger partial charge is 0.497 e. The number of carbonyl (C=O) groups excluding carboxylic acids is 2. The molecular weight excluding hydrogens is 456 g/mol. The Bertz CT molecular complexity index is 1160. The summed E-state index contributed by atoms with van der Waals surface area (Å²) in [5, 5.41) is 5.23. The van der Waals surface area contributed by atoms with Gasteiger partial charge in [-0.2, -0.15) is 0 Å². The number of hydrogen-bond acceptors (Lipinski definition) is 4. The molecule has 5 nitrogen and oxygen atoms in total. The summed E-state index contributed by atoms with van der Waals surface area (Å²) in [5.74, 6) is 0.408. The molecule has 0 unspecified atom stereocenters. The third-order valence-electron chi connectivity index (χ3n) is 6.67. The first-order chi connectivity index (χ1) is 16.9. The summed E-state index contributed by atoms with van der Waals surface area (Å²) >= 11 is 1.55. The van der Waals surface area contributed by atoms with Crippen LogP contribution >= 0.6 is 11.3 Å². The summed E-state index contributed by atoms with van der Waals surface area (Å²) in [5.41, 5.74) is 4.61. The van der Waals surface area contributed by atoms with Gasteiger partial charge in [0.1, 0.15) is 11.8 Å². The predicted octanol–water partition coefficient (Wildman–Crippen LogP) is 6.06. The fourth-order valence-electron chi connectivity index (χ4n) is 5.18. The number of rotatable bonds is 8. The first kappa shape index (κ1) is 25.0. The number of carbonyl (C=O) groups is 2. The fourth-order valence-corrected chi connectivity index (χ4v) is 5.87. The van der Waals surface area contributed by atoms with Crippen LogP contribution in [0.4, 0.5) is 5.69 Å². The molecule has 1 aromatic heterocycles. The van der Waals surface area contributed by atoms with E-state index in [2.05, 4.69) is 17.4 Å². The number of hydrogen-bond donors (Lipinski definition) is 1. The Morgan fingerprint density at radius 2 is 1.77 bits per heavy atom. The van der Waals surface area contributed by atoms with E-state index < -0.39 is 6.04 Å². The Kier molecular flexibility index (Phi) is 7.91. The molecule has 1 atom stereocenters. The fraction of sp³-hybridized carbons (Fsp3) is 0.379. The lowest BCUT2D eigenvalue weighted by Crippen LogP contribution is -2.47. The highest BCUT2D eigenvalue weighted by molar-refractivity contribution is 7.10. The van der Waals surface area contributed by atoms with Gasteiger partial charge in [-0.25, -0.2) is 0 Å². The van der Waals surface area contributed by atoms with E-state index in [1.807, 2.05) is 62.5 Å². The maximum Gasteiger partial charge on any atom is 0.248 e. The van der Waals surface area contributed by atoms with Gasteiger partial charge < -0.3 is 10.1 Å². The SMILES string of the molecule is COc1cccc([C@@H](C(=O)NC2CCCC2)N(C(=O)Cc2cccs2)c2c(C)cc(C)cc2C)c1. The molecular formula is C29H34N2O3S. The molecule has 2 amide bonds. The van der Waals surface area contributed by atoms with Crippen molar-refractivity contribution in [3.05, 3.63) is 81.0 Å². The molecule has 1 N–H and O–H groups in total. The van der Waals surface area contributed by atoms with Crippen LogP contribution in [-0.4, -0.2) is 25.0 Å². The quantitative estimate of drug-likeness (QED) is 0.418. The molecule has 0 bridgehead atoms. The standard InChI is InChI=1S/C29H34N2O3S/c1-19-15-20(2)27(21(3)16-19)31(26(32)18-25-13-8-14-35-25)28(22-9-7-12-24(17-22)34-4)29(33)30-23-10-5-6-11-23/h7-9,12-17,23,28H,5-6,10-11,18H2,1-4H3,(H,30,33)/t28-/m0/s1. The van der Waals surface area contributed by atoms with E-state index in [1.54, 1.807) is 23.3 Å². The molecule has 4 rings (SSSR count). The van der Waals surface area contributed by atoms with E-state index in [9.17, 15) is 9.59 Å². The van der Waals surface area contributed by atoms with Crippen LogP contribution in [-0.2, 0) is 16.0 Å². The van der Waals surface area contributed by atoms with Crippen LogP contribution in [0.1, 0.15) is 58.9 Å². The van der Waals surface area contributed by atoms with Crippen molar-refractivity contribution in [2.75, 3.05) is 12.0 Å². The minimum absolute atomic E-state index is 0.100. The molecule has 1 aliphatic carbocycles. The maximum absolute atomic E-state index is 14.0. The number of nitrogens with one attached hydrogen (secondary N) is 1. The molecule has 184 valence electrons. The monoisotopic (exact) mass is 490 g/mol. The zero-order valence-corrected chi connectivity index (χ0v) is 21.8. The zero-order valence-electron chi connectivity index (χ0n) is 21.0. The Morgan fingerprint density at radius 1 is 1.06 bits per heavy atom. The number of amides is 2. The number of thiophene rings is 1. The van der Waals surface area contributed by atoms with E-state index in [4.69, 9.17) is 4.74 Å². The zero-order chi connectivity index (χ0) is 24.9.